The molecule has 3 aromatic carbocycles. The van der Waals surface area contributed by atoms with Gasteiger partial charge >= 0.3 is 0 Å². The SMILES string of the molecule is O=S(=O)(O)C(c1ccccc1O)(c1c(Cl)cccc1Cl)c1c(O)ccc(Cl)c1Cl. The second-order valence-electron chi connectivity index (χ2n) is 6.03. The summed E-state index contributed by atoms with van der Waals surface area (Å²) in [4.78, 5) is 0. The number of rotatable bonds is 4. The van der Waals surface area contributed by atoms with Crippen LogP contribution in [0.2, 0.25) is 20.1 Å². The van der Waals surface area contributed by atoms with Crippen molar-refractivity contribution in [1.82, 2.24) is 0 Å². The van der Waals surface area contributed by atoms with Gasteiger partial charge in [-0.1, -0.05) is 70.7 Å². The van der Waals surface area contributed by atoms with Gasteiger partial charge in [0.2, 0.25) is 0 Å². The molecule has 1 atom stereocenters. The smallest absolute Gasteiger partial charge is 0.283 e. The average molecular weight is 494 g/mol. The molecule has 0 aliphatic carbocycles. The summed E-state index contributed by atoms with van der Waals surface area (Å²) in [6.45, 7) is 0. The number of benzene rings is 3. The Morgan fingerprint density at radius 3 is 1.83 bits per heavy atom. The Balaban J connectivity index is 2.73. The minimum atomic E-state index is -5.25. The molecule has 0 bridgehead atoms. The van der Waals surface area contributed by atoms with Crippen LogP contribution in [0.3, 0.4) is 0 Å². The van der Waals surface area contributed by atoms with E-state index in [1.165, 1.54) is 48.5 Å². The monoisotopic (exact) mass is 492 g/mol. The van der Waals surface area contributed by atoms with Crippen molar-refractivity contribution in [3.05, 3.63) is 91.4 Å². The zero-order chi connectivity index (χ0) is 21.6. The quantitative estimate of drug-likeness (QED) is 0.311. The maximum atomic E-state index is 13.0. The molecule has 0 saturated heterocycles. The molecule has 0 aliphatic rings. The highest BCUT2D eigenvalue weighted by atomic mass is 35.5. The van der Waals surface area contributed by atoms with Crippen molar-refractivity contribution in [2.75, 3.05) is 0 Å². The Hall–Kier alpha value is -1.67. The molecule has 0 heterocycles. The average Bonchev–Trinajstić information content (AvgIpc) is 2.63. The molecule has 0 radical (unpaired) electrons. The van der Waals surface area contributed by atoms with Crippen LogP contribution in [0.5, 0.6) is 11.5 Å². The van der Waals surface area contributed by atoms with E-state index in [9.17, 15) is 23.2 Å². The molecule has 5 nitrogen and oxygen atoms in total. The molecule has 3 aromatic rings. The van der Waals surface area contributed by atoms with E-state index in [1.807, 2.05) is 0 Å². The van der Waals surface area contributed by atoms with E-state index in [-0.39, 0.29) is 31.2 Å². The van der Waals surface area contributed by atoms with Crippen molar-refractivity contribution >= 4 is 56.5 Å². The predicted molar refractivity (Wildman–Crippen MR) is 114 cm³/mol. The van der Waals surface area contributed by atoms with Crippen LogP contribution in [-0.4, -0.2) is 23.2 Å². The Morgan fingerprint density at radius 1 is 0.690 bits per heavy atom. The minimum absolute atomic E-state index is 0.105. The first-order valence-corrected chi connectivity index (χ1v) is 10.9. The van der Waals surface area contributed by atoms with E-state index < -0.39 is 31.9 Å². The maximum absolute atomic E-state index is 13.0. The molecule has 10 heteroatoms. The summed E-state index contributed by atoms with van der Waals surface area (Å²) < 4.78 is 33.9. The van der Waals surface area contributed by atoms with Gasteiger partial charge in [-0.3, -0.25) is 4.55 Å². The van der Waals surface area contributed by atoms with E-state index >= 15 is 0 Å². The lowest BCUT2D eigenvalue weighted by Crippen LogP contribution is -2.39. The molecule has 0 saturated carbocycles. The van der Waals surface area contributed by atoms with Gasteiger partial charge in [-0.25, -0.2) is 0 Å². The lowest BCUT2D eigenvalue weighted by molar-refractivity contribution is 0.428. The van der Waals surface area contributed by atoms with E-state index in [2.05, 4.69) is 0 Å². The number of halogens is 4. The van der Waals surface area contributed by atoms with Crippen LogP contribution >= 0.6 is 46.4 Å². The summed E-state index contributed by atoms with van der Waals surface area (Å²) in [5, 5.41) is 20.4. The zero-order valence-corrected chi connectivity index (χ0v) is 18.1. The third-order valence-corrected chi connectivity index (χ3v) is 7.25. The Morgan fingerprint density at radius 2 is 1.28 bits per heavy atom. The van der Waals surface area contributed by atoms with Gasteiger partial charge in [-0.2, -0.15) is 8.42 Å². The first kappa shape index (κ1) is 22.0. The van der Waals surface area contributed by atoms with Crippen LogP contribution in [0.4, 0.5) is 0 Å². The maximum Gasteiger partial charge on any atom is 0.283 e. The van der Waals surface area contributed by atoms with Gasteiger partial charge in [0.25, 0.3) is 10.1 Å². The molecular formula is C19H12Cl4O5S. The molecule has 0 aromatic heterocycles. The molecule has 29 heavy (non-hydrogen) atoms. The van der Waals surface area contributed by atoms with Crippen LogP contribution in [0.15, 0.2) is 54.6 Å². The van der Waals surface area contributed by atoms with E-state index in [0.29, 0.717) is 0 Å². The lowest BCUT2D eigenvalue weighted by atomic mass is 9.82. The summed E-state index contributed by atoms with van der Waals surface area (Å²) in [6.07, 6.45) is 0. The minimum Gasteiger partial charge on any atom is -0.508 e. The topological polar surface area (TPSA) is 94.8 Å². The third-order valence-electron chi connectivity index (χ3n) is 4.41. The largest absolute Gasteiger partial charge is 0.508 e. The van der Waals surface area contributed by atoms with Gasteiger partial charge in [-0.05, 0) is 30.3 Å². The van der Waals surface area contributed by atoms with E-state index in [0.717, 1.165) is 6.07 Å². The molecule has 3 rings (SSSR count). The van der Waals surface area contributed by atoms with Gasteiger partial charge < -0.3 is 10.2 Å². The summed E-state index contributed by atoms with van der Waals surface area (Å²) in [5.41, 5.74) is -1.16. The highest BCUT2D eigenvalue weighted by molar-refractivity contribution is 7.87. The number of aromatic hydroxyl groups is 2. The Kier molecular flexibility index (Phi) is 5.98. The first-order valence-electron chi connectivity index (χ1n) is 7.91. The van der Waals surface area contributed by atoms with Crippen molar-refractivity contribution < 1.29 is 23.2 Å². The number of hydrogen-bond donors (Lipinski definition) is 3. The van der Waals surface area contributed by atoms with Crippen molar-refractivity contribution in [3.63, 3.8) is 0 Å². The van der Waals surface area contributed by atoms with Crippen molar-refractivity contribution in [3.8, 4) is 11.5 Å². The fraction of sp³-hybridized carbons (Fsp3) is 0.0526. The summed E-state index contributed by atoms with van der Waals surface area (Å²) in [5.74, 6) is -1.13. The van der Waals surface area contributed by atoms with E-state index in [4.69, 9.17) is 46.4 Å². The molecule has 1 unspecified atom stereocenters. The number of hydrogen-bond acceptors (Lipinski definition) is 4. The first-order chi connectivity index (χ1) is 13.5. The van der Waals surface area contributed by atoms with Crippen molar-refractivity contribution in [1.29, 1.82) is 0 Å². The number of phenolic OH excluding ortho intramolecular Hbond substituents is 2. The van der Waals surface area contributed by atoms with Crippen molar-refractivity contribution in [2.45, 2.75) is 4.75 Å². The highest BCUT2D eigenvalue weighted by Crippen LogP contribution is 2.56. The second-order valence-corrected chi connectivity index (χ2v) is 9.19. The molecule has 3 N–H and O–H groups in total. The van der Waals surface area contributed by atoms with Crippen LogP contribution < -0.4 is 0 Å². The highest BCUT2D eigenvalue weighted by Gasteiger charge is 2.55. The van der Waals surface area contributed by atoms with Gasteiger partial charge in [0.15, 0.2) is 4.75 Å². The number of para-hydroxylation sites is 1. The standard InChI is InChI=1S/C19H12Cl4O5S/c20-11-5-3-6-12(21)16(11)19(29(26,27)28,10-4-1-2-7-14(10)24)17-15(25)9-8-13(22)18(17)23/h1-9,24-25H,(H,26,27,28). The second kappa shape index (κ2) is 7.87. The Labute approximate surface area is 186 Å². The van der Waals surface area contributed by atoms with Gasteiger partial charge in [0.05, 0.1) is 10.0 Å². The third kappa shape index (κ3) is 3.44. The normalized spacial score (nSPS) is 13.8. The molecular weight excluding hydrogens is 482 g/mol. The summed E-state index contributed by atoms with van der Waals surface area (Å²) in [7, 11) is -5.25. The fourth-order valence-corrected chi connectivity index (χ4v) is 5.97. The van der Waals surface area contributed by atoms with E-state index in [1.54, 1.807) is 0 Å². The van der Waals surface area contributed by atoms with Crippen LogP contribution in [0.1, 0.15) is 16.7 Å². The predicted octanol–water partition coefficient (Wildman–Crippen LogP) is 5.89. The van der Waals surface area contributed by atoms with Gasteiger partial charge in [-0.15, -0.1) is 0 Å². The van der Waals surface area contributed by atoms with Crippen molar-refractivity contribution in [2.24, 2.45) is 0 Å². The van der Waals surface area contributed by atoms with Gasteiger partial charge in [0.1, 0.15) is 11.5 Å². The summed E-state index contributed by atoms with van der Waals surface area (Å²) in [6, 6.07) is 11.8. The Bertz CT molecular complexity index is 1190. The molecule has 0 amide bonds. The molecule has 0 fully saturated rings. The summed E-state index contributed by atoms with van der Waals surface area (Å²) >= 11 is 25.0. The molecule has 0 spiro atoms. The lowest BCUT2D eigenvalue weighted by Gasteiger charge is -2.35. The van der Waals surface area contributed by atoms with Crippen LogP contribution in [0, 0.1) is 0 Å². The number of phenols is 2. The molecule has 0 aliphatic heterocycles. The van der Waals surface area contributed by atoms with Gasteiger partial charge in [0, 0.05) is 26.7 Å². The van der Waals surface area contributed by atoms with Crippen LogP contribution in [0.25, 0.3) is 0 Å². The molecule has 152 valence electrons. The zero-order valence-electron chi connectivity index (χ0n) is 14.3. The van der Waals surface area contributed by atoms with Crippen LogP contribution in [-0.2, 0) is 14.9 Å². The fourth-order valence-electron chi connectivity index (χ4n) is 3.27.